The van der Waals surface area contributed by atoms with Crippen LogP contribution in [0, 0.1) is 18.7 Å². The van der Waals surface area contributed by atoms with Crippen molar-refractivity contribution in [3.63, 3.8) is 0 Å². The highest BCUT2D eigenvalue weighted by Crippen LogP contribution is 2.20. The summed E-state index contributed by atoms with van der Waals surface area (Å²) >= 11 is 0. The van der Waals surface area contributed by atoms with Gasteiger partial charge in [-0.15, -0.1) is 5.10 Å². The molecule has 0 unspecified atom stereocenters. The summed E-state index contributed by atoms with van der Waals surface area (Å²) in [5.74, 6) is -0.474. The number of carbonyl (C=O) groups is 1. The van der Waals surface area contributed by atoms with Gasteiger partial charge in [0.1, 0.15) is 5.82 Å². The molecule has 0 saturated carbocycles. The quantitative estimate of drug-likeness (QED) is 0.912. The molecule has 2 atom stereocenters. The zero-order valence-corrected chi connectivity index (χ0v) is 13.1. The third-order valence-electron chi connectivity index (χ3n) is 4.32. The largest absolute Gasteiger partial charge is 0.393 e. The Morgan fingerprint density at radius 1 is 1.35 bits per heavy atom. The number of rotatable bonds is 2. The maximum absolute atomic E-state index is 13.0. The summed E-state index contributed by atoms with van der Waals surface area (Å²) in [4.78, 5) is 14.3. The Morgan fingerprint density at radius 2 is 2.04 bits per heavy atom. The number of aliphatic hydroxyl groups excluding tert-OH is 1. The van der Waals surface area contributed by atoms with Crippen molar-refractivity contribution >= 4 is 5.91 Å². The summed E-state index contributed by atoms with van der Waals surface area (Å²) in [6, 6.07) is 5.85. The monoisotopic (exact) mass is 318 g/mol. The molecule has 1 amide bonds. The molecule has 2 aromatic rings. The van der Waals surface area contributed by atoms with E-state index >= 15 is 0 Å². The fourth-order valence-corrected chi connectivity index (χ4v) is 2.82. The molecule has 1 aromatic heterocycles. The second kappa shape index (κ2) is 6.08. The van der Waals surface area contributed by atoms with Gasteiger partial charge in [0, 0.05) is 13.1 Å². The van der Waals surface area contributed by atoms with Crippen molar-refractivity contribution in [2.45, 2.75) is 26.4 Å². The first-order valence-electron chi connectivity index (χ1n) is 7.63. The third kappa shape index (κ3) is 2.96. The van der Waals surface area contributed by atoms with E-state index in [1.54, 1.807) is 24.0 Å². The summed E-state index contributed by atoms with van der Waals surface area (Å²) in [6.07, 6.45) is 0.202. The van der Waals surface area contributed by atoms with Crippen molar-refractivity contribution in [1.82, 2.24) is 19.9 Å². The maximum Gasteiger partial charge on any atom is 0.276 e. The average molecular weight is 318 g/mol. The van der Waals surface area contributed by atoms with Crippen LogP contribution in [-0.4, -0.2) is 50.1 Å². The zero-order valence-electron chi connectivity index (χ0n) is 13.1. The van der Waals surface area contributed by atoms with Crippen molar-refractivity contribution in [2.24, 2.45) is 5.92 Å². The predicted octanol–water partition coefficient (Wildman–Crippen LogP) is 1.56. The van der Waals surface area contributed by atoms with Gasteiger partial charge in [-0.05, 0) is 43.5 Å². The van der Waals surface area contributed by atoms with Crippen LogP contribution in [0.1, 0.15) is 29.5 Å². The van der Waals surface area contributed by atoms with E-state index in [1.807, 2.05) is 6.92 Å². The minimum atomic E-state index is -0.366. The number of aliphatic hydroxyl groups is 1. The number of aromatic nitrogens is 3. The highest BCUT2D eigenvalue weighted by Gasteiger charge is 2.30. The minimum absolute atomic E-state index is 0.0418. The van der Waals surface area contributed by atoms with Crippen LogP contribution in [0.15, 0.2) is 24.3 Å². The zero-order chi connectivity index (χ0) is 16.6. The molecular weight excluding hydrogens is 299 g/mol. The van der Waals surface area contributed by atoms with Crippen LogP contribution in [0.2, 0.25) is 0 Å². The lowest BCUT2D eigenvalue weighted by Crippen LogP contribution is -2.45. The Balaban J connectivity index is 1.84. The first kappa shape index (κ1) is 15.6. The number of piperidine rings is 1. The highest BCUT2D eigenvalue weighted by molar-refractivity contribution is 5.93. The molecule has 23 heavy (non-hydrogen) atoms. The Morgan fingerprint density at radius 3 is 2.70 bits per heavy atom. The smallest absolute Gasteiger partial charge is 0.276 e. The molecule has 2 heterocycles. The van der Waals surface area contributed by atoms with Gasteiger partial charge < -0.3 is 10.0 Å². The Bertz CT molecular complexity index is 713. The van der Waals surface area contributed by atoms with E-state index in [9.17, 15) is 14.3 Å². The molecule has 3 rings (SSSR count). The van der Waals surface area contributed by atoms with Crippen molar-refractivity contribution in [1.29, 1.82) is 0 Å². The van der Waals surface area contributed by atoms with E-state index in [4.69, 9.17) is 0 Å². The summed E-state index contributed by atoms with van der Waals surface area (Å²) in [6.45, 7) is 4.70. The topological polar surface area (TPSA) is 71.2 Å². The van der Waals surface area contributed by atoms with E-state index in [0.717, 1.165) is 0 Å². The summed E-state index contributed by atoms with van der Waals surface area (Å²) in [5.41, 5.74) is 1.55. The van der Waals surface area contributed by atoms with E-state index in [2.05, 4.69) is 10.3 Å². The first-order valence-corrected chi connectivity index (χ1v) is 7.63. The van der Waals surface area contributed by atoms with Crippen LogP contribution in [-0.2, 0) is 0 Å². The summed E-state index contributed by atoms with van der Waals surface area (Å²) in [7, 11) is 0. The Labute approximate surface area is 133 Å². The molecule has 0 bridgehead atoms. The number of benzene rings is 1. The lowest BCUT2D eigenvalue weighted by atomic mass is 9.96. The van der Waals surface area contributed by atoms with Crippen LogP contribution >= 0.6 is 0 Å². The standard InChI is InChI=1S/C16H19FN4O2/c1-10-9-20(8-7-14(10)22)16(23)15-11(2)21(19-18-15)13-5-3-12(17)4-6-13/h3-6,10,14,22H,7-9H2,1-2H3/t10-,14+/m0/s1. The molecule has 122 valence electrons. The SMILES string of the molecule is Cc1c(C(=O)N2CC[C@@H](O)[C@@H](C)C2)nnn1-c1ccc(F)cc1. The van der Waals surface area contributed by atoms with Crippen LogP contribution in [0.3, 0.4) is 0 Å². The molecule has 1 aliphatic rings. The van der Waals surface area contributed by atoms with E-state index in [1.165, 1.54) is 16.8 Å². The van der Waals surface area contributed by atoms with Crippen molar-refractivity contribution in [3.8, 4) is 5.69 Å². The number of likely N-dealkylation sites (tertiary alicyclic amines) is 1. The predicted molar refractivity (Wildman–Crippen MR) is 81.7 cm³/mol. The molecule has 0 spiro atoms. The van der Waals surface area contributed by atoms with Crippen molar-refractivity contribution < 1.29 is 14.3 Å². The molecule has 1 aromatic carbocycles. The lowest BCUT2D eigenvalue weighted by Gasteiger charge is -2.34. The van der Waals surface area contributed by atoms with Gasteiger partial charge in [-0.1, -0.05) is 12.1 Å². The molecule has 0 radical (unpaired) electrons. The van der Waals surface area contributed by atoms with Crippen molar-refractivity contribution in [3.05, 3.63) is 41.5 Å². The van der Waals surface area contributed by atoms with Crippen LogP contribution in [0.25, 0.3) is 5.69 Å². The minimum Gasteiger partial charge on any atom is -0.393 e. The second-order valence-electron chi connectivity index (χ2n) is 6.00. The van der Waals surface area contributed by atoms with E-state index in [-0.39, 0.29) is 29.4 Å². The molecular formula is C16H19FN4O2. The number of hydrogen-bond acceptors (Lipinski definition) is 4. The summed E-state index contributed by atoms with van der Waals surface area (Å²) < 4.78 is 14.5. The van der Waals surface area contributed by atoms with Crippen LogP contribution in [0.4, 0.5) is 4.39 Å². The normalized spacial score (nSPS) is 21.5. The molecule has 1 aliphatic heterocycles. The molecule has 0 aliphatic carbocycles. The third-order valence-corrected chi connectivity index (χ3v) is 4.32. The van der Waals surface area contributed by atoms with Gasteiger partial charge in [0.15, 0.2) is 5.69 Å². The van der Waals surface area contributed by atoms with E-state index < -0.39 is 0 Å². The van der Waals surface area contributed by atoms with Gasteiger partial charge >= 0.3 is 0 Å². The van der Waals surface area contributed by atoms with E-state index in [0.29, 0.717) is 30.9 Å². The number of carbonyl (C=O) groups excluding carboxylic acids is 1. The van der Waals surface area contributed by atoms with Crippen LogP contribution < -0.4 is 0 Å². The van der Waals surface area contributed by atoms with Crippen molar-refractivity contribution in [2.75, 3.05) is 13.1 Å². The number of amides is 1. The molecule has 7 heteroatoms. The Kier molecular flexibility index (Phi) is 4.12. The second-order valence-corrected chi connectivity index (χ2v) is 6.00. The fourth-order valence-electron chi connectivity index (χ4n) is 2.82. The van der Waals surface area contributed by atoms with Gasteiger partial charge in [-0.3, -0.25) is 4.79 Å². The summed E-state index contributed by atoms with van der Waals surface area (Å²) in [5, 5.41) is 17.8. The average Bonchev–Trinajstić information content (AvgIpc) is 2.92. The highest BCUT2D eigenvalue weighted by atomic mass is 19.1. The van der Waals surface area contributed by atoms with Gasteiger partial charge in [0.25, 0.3) is 5.91 Å². The van der Waals surface area contributed by atoms with Gasteiger partial charge in [-0.25, -0.2) is 9.07 Å². The van der Waals surface area contributed by atoms with Crippen LogP contribution in [0.5, 0.6) is 0 Å². The first-order chi connectivity index (χ1) is 11.0. The maximum atomic E-state index is 13.0. The lowest BCUT2D eigenvalue weighted by molar-refractivity contribution is 0.0293. The Hall–Kier alpha value is -2.28. The van der Waals surface area contributed by atoms with Gasteiger partial charge in [-0.2, -0.15) is 0 Å². The molecule has 1 N–H and O–H groups in total. The molecule has 6 nitrogen and oxygen atoms in total. The van der Waals surface area contributed by atoms with Gasteiger partial charge in [0.05, 0.1) is 17.5 Å². The fraction of sp³-hybridized carbons (Fsp3) is 0.438. The number of nitrogens with zero attached hydrogens (tertiary/aromatic N) is 4. The van der Waals surface area contributed by atoms with Gasteiger partial charge in [0.2, 0.25) is 0 Å². The number of halogens is 1. The molecule has 1 fully saturated rings. The number of hydrogen-bond donors (Lipinski definition) is 1. The molecule has 1 saturated heterocycles.